The fourth-order valence-corrected chi connectivity index (χ4v) is 2.32. The first-order chi connectivity index (χ1) is 11.1. The van der Waals surface area contributed by atoms with Crippen molar-refractivity contribution in [1.82, 2.24) is 20.4 Å². The van der Waals surface area contributed by atoms with E-state index in [2.05, 4.69) is 20.7 Å². The Kier molecular flexibility index (Phi) is 6.14. The molecule has 0 saturated carbocycles. The Morgan fingerprint density at radius 2 is 2.13 bits per heavy atom. The zero-order chi connectivity index (χ0) is 16.7. The predicted molar refractivity (Wildman–Crippen MR) is 90.9 cm³/mol. The standard InChI is InChI=1S/C17H24FN5/c1-13-9-14(6-7-16(13)18)10-21-17(19-2)20-8-4-5-15-11-22-23(3)12-15/h6-7,9,11-12H,4-5,8,10H2,1-3H3,(H2,19,20,21). The Morgan fingerprint density at radius 3 is 2.78 bits per heavy atom. The third kappa shape index (κ3) is 5.39. The van der Waals surface area contributed by atoms with E-state index in [-0.39, 0.29) is 5.82 Å². The van der Waals surface area contributed by atoms with Crippen molar-refractivity contribution in [3.05, 3.63) is 53.1 Å². The van der Waals surface area contributed by atoms with E-state index < -0.39 is 0 Å². The molecule has 2 rings (SSSR count). The van der Waals surface area contributed by atoms with Gasteiger partial charge in [-0.05, 0) is 42.5 Å². The summed E-state index contributed by atoms with van der Waals surface area (Å²) in [6.45, 7) is 3.21. The molecule has 1 aromatic heterocycles. The van der Waals surface area contributed by atoms with Crippen LogP contribution in [0.5, 0.6) is 0 Å². The molecule has 0 atom stereocenters. The van der Waals surface area contributed by atoms with Crippen LogP contribution in [0, 0.1) is 12.7 Å². The minimum atomic E-state index is -0.174. The average Bonchev–Trinajstić information content (AvgIpc) is 2.95. The smallest absolute Gasteiger partial charge is 0.191 e. The third-order valence-electron chi connectivity index (χ3n) is 3.60. The first-order valence-corrected chi connectivity index (χ1v) is 7.75. The zero-order valence-electron chi connectivity index (χ0n) is 13.9. The molecule has 5 nitrogen and oxygen atoms in total. The van der Waals surface area contributed by atoms with E-state index in [9.17, 15) is 4.39 Å². The summed E-state index contributed by atoms with van der Waals surface area (Å²) < 4.78 is 15.1. The van der Waals surface area contributed by atoms with Crippen molar-refractivity contribution in [2.75, 3.05) is 13.6 Å². The summed E-state index contributed by atoms with van der Waals surface area (Å²) >= 11 is 0. The van der Waals surface area contributed by atoms with Gasteiger partial charge in [0.05, 0.1) is 6.20 Å². The summed E-state index contributed by atoms with van der Waals surface area (Å²) in [5, 5.41) is 10.7. The molecule has 1 heterocycles. The van der Waals surface area contributed by atoms with E-state index in [1.54, 1.807) is 20.0 Å². The molecule has 0 spiro atoms. The topological polar surface area (TPSA) is 54.2 Å². The fourth-order valence-electron chi connectivity index (χ4n) is 2.32. The van der Waals surface area contributed by atoms with Gasteiger partial charge < -0.3 is 10.6 Å². The van der Waals surface area contributed by atoms with Crippen LogP contribution in [-0.4, -0.2) is 29.3 Å². The highest BCUT2D eigenvalue weighted by atomic mass is 19.1. The van der Waals surface area contributed by atoms with E-state index in [1.807, 2.05) is 30.2 Å². The second-order valence-corrected chi connectivity index (χ2v) is 5.56. The Labute approximate surface area is 136 Å². The number of halogens is 1. The molecule has 6 heteroatoms. The van der Waals surface area contributed by atoms with Crippen molar-refractivity contribution in [3.8, 4) is 0 Å². The summed E-state index contributed by atoms with van der Waals surface area (Å²) in [5.41, 5.74) is 2.92. The van der Waals surface area contributed by atoms with Crippen LogP contribution in [0.3, 0.4) is 0 Å². The minimum Gasteiger partial charge on any atom is -0.356 e. The van der Waals surface area contributed by atoms with Gasteiger partial charge in [0, 0.05) is 33.4 Å². The van der Waals surface area contributed by atoms with Gasteiger partial charge in [0.15, 0.2) is 5.96 Å². The SMILES string of the molecule is CN=C(NCCCc1cnn(C)c1)NCc1ccc(F)c(C)c1. The molecule has 0 saturated heterocycles. The largest absolute Gasteiger partial charge is 0.356 e. The number of nitrogens with zero attached hydrogens (tertiary/aromatic N) is 3. The molecule has 2 N–H and O–H groups in total. The Bertz CT molecular complexity index is 663. The van der Waals surface area contributed by atoms with Crippen molar-refractivity contribution in [2.45, 2.75) is 26.3 Å². The number of aliphatic imine (C=N–C) groups is 1. The van der Waals surface area contributed by atoms with E-state index in [0.29, 0.717) is 12.1 Å². The van der Waals surface area contributed by atoms with Gasteiger partial charge in [-0.1, -0.05) is 12.1 Å². The van der Waals surface area contributed by atoms with Gasteiger partial charge in [0.2, 0.25) is 0 Å². The van der Waals surface area contributed by atoms with Crippen molar-refractivity contribution in [3.63, 3.8) is 0 Å². The summed E-state index contributed by atoms with van der Waals surface area (Å²) in [6.07, 6.45) is 5.91. The number of hydrogen-bond acceptors (Lipinski definition) is 2. The summed E-state index contributed by atoms with van der Waals surface area (Å²) in [4.78, 5) is 4.20. The van der Waals surface area contributed by atoms with Crippen LogP contribution >= 0.6 is 0 Å². The van der Waals surface area contributed by atoms with Crippen LogP contribution in [0.4, 0.5) is 4.39 Å². The number of benzene rings is 1. The maximum Gasteiger partial charge on any atom is 0.191 e. The summed E-state index contributed by atoms with van der Waals surface area (Å²) in [6, 6.07) is 5.12. The van der Waals surface area contributed by atoms with Gasteiger partial charge in [-0.25, -0.2) is 4.39 Å². The molecular weight excluding hydrogens is 293 g/mol. The monoisotopic (exact) mass is 317 g/mol. The normalized spacial score (nSPS) is 11.6. The number of aryl methyl sites for hydroxylation is 3. The van der Waals surface area contributed by atoms with Crippen molar-refractivity contribution in [2.24, 2.45) is 12.0 Å². The van der Waals surface area contributed by atoms with Gasteiger partial charge in [-0.15, -0.1) is 0 Å². The Morgan fingerprint density at radius 1 is 1.30 bits per heavy atom. The fraction of sp³-hybridized carbons (Fsp3) is 0.412. The highest BCUT2D eigenvalue weighted by Gasteiger charge is 2.02. The Balaban J connectivity index is 1.71. The number of rotatable bonds is 6. The molecule has 0 amide bonds. The second kappa shape index (κ2) is 8.31. The summed E-state index contributed by atoms with van der Waals surface area (Å²) in [7, 11) is 3.66. The van der Waals surface area contributed by atoms with E-state index >= 15 is 0 Å². The van der Waals surface area contributed by atoms with Crippen LogP contribution in [0.25, 0.3) is 0 Å². The lowest BCUT2D eigenvalue weighted by atomic mass is 10.1. The maximum atomic E-state index is 13.2. The minimum absolute atomic E-state index is 0.174. The van der Waals surface area contributed by atoms with Crippen molar-refractivity contribution >= 4 is 5.96 Å². The molecule has 0 bridgehead atoms. The number of aromatic nitrogens is 2. The molecule has 0 aliphatic heterocycles. The molecule has 0 aliphatic rings. The first kappa shape index (κ1) is 17.0. The quantitative estimate of drug-likeness (QED) is 0.488. The molecule has 2 aromatic rings. The number of guanidine groups is 1. The molecule has 0 fully saturated rings. The average molecular weight is 317 g/mol. The first-order valence-electron chi connectivity index (χ1n) is 7.75. The van der Waals surface area contributed by atoms with E-state index in [4.69, 9.17) is 0 Å². The van der Waals surface area contributed by atoms with E-state index in [0.717, 1.165) is 30.9 Å². The van der Waals surface area contributed by atoms with Gasteiger partial charge in [-0.2, -0.15) is 5.10 Å². The molecule has 0 unspecified atom stereocenters. The second-order valence-electron chi connectivity index (χ2n) is 5.56. The van der Waals surface area contributed by atoms with Gasteiger partial charge in [0.1, 0.15) is 5.82 Å². The van der Waals surface area contributed by atoms with Crippen LogP contribution in [-0.2, 0) is 20.0 Å². The molecule has 0 aliphatic carbocycles. The lowest BCUT2D eigenvalue weighted by Crippen LogP contribution is -2.37. The highest BCUT2D eigenvalue weighted by Crippen LogP contribution is 2.08. The van der Waals surface area contributed by atoms with Gasteiger partial charge in [-0.3, -0.25) is 9.67 Å². The predicted octanol–water partition coefficient (Wildman–Crippen LogP) is 2.17. The van der Waals surface area contributed by atoms with Crippen molar-refractivity contribution < 1.29 is 4.39 Å². The van der Waals surface area contributed by atoms with Crippen LogP contribution in [0.2, 0.25) is 0 Å². The Hall–Kier alpha value is -2.37. The maximum absolute atomic E-state index is 13.2. The summed E-state index contributed by atoms with van der Waals surface area (Å²) in [5.74, 6) is 0.574. The van der Waals surface area contributed by atoms with Crippen LogP contribution < -0.4 is 10.6 Å². The molecule has 23 heavy (non-hydrogen) atoms. The lowest BCUT2D eigenvalue weighted by Gasteiger charge is -2.12. The van der Waals surface area contributed by atoms with Crippen molar-refractivity contribution in [1.29, 1.82) is 0 Å². The number of nitrogens with one attached hydrogen (secondary N) is 2. The third-order valence-corrected chi connectivity index (χ3v) is 3.60. The molecular formula is C17H24FN5. The molecule has 0 radical (unpaired) electrons. The molecule has 1 aromatic carbocycles. The van der Waals surface area contributed by atoms with Gasteiger partial charge in [0.25, 0.3) is 0 Å². The van der Waals surface area contributed by atoms with Crippen LogP contribution in [0.15, 0.2) is 35.6 Å². The van der Waals surface area contributed by atoms with Crippen LogP contribution in [0.1, 0.15) is 23.1 Å². The lowest BCUT2D eigenvalue weighted by molar-refractivity contribution is 0.617. The zero-order valence-corrected chi connectivity index (χ0v) is 13.9. The number of hydrogen-bond donors (Lipinski definition) is 2. The van der Waals surface area contributed by atoms with E-state index in [1.165, 1.54) is 11.6 Å². The van der Waals surface area contributed by atoms with Gasteiger partial charge >= 0.3 is 0 Å². The molecule has 124 valence electrons. The highest BCUT2D eigenvalue weighted by molar-refractivity contribution is 5.79.